The predicted molar refractivity (Wildman–Crippen MR) is 98.6 cm³/mol. The number of nitrogens with zero attached hydrogens (tertiary/aromatic N) is 2. The van der Waals surface area contributed by atoms with Gasteiger partial charge in [0.1, 0.15) is 23.0 Å². The van der Waals surface area contributed by atoms with Crippen molar-refractivity contribution in [1.82, 2.24) is 4.90 Å². The minimum Gasteiger partial charge on any atom is -0.367 e. The highest BCUT2D eigenvalue weighted by atomic mass is 32.2. The summed E-state index contributed by atoms with van der Waals surface area (Å²) in [6.07, 6.45) is 1.47. The molecule has 0 aromatic heterocycles. The van der Waals surface area contributed by atoms with Gasteiger partial charge in [0.15, 0.2) is 9.84 Å². The van der Waals surface area contributed by atoms with Gasteiger partial charge in [0.05, 0.1) is 10.6 Å². The maximum atomic E-state index is 14.4. The summed E-state index contributed by atoms with van der Waals surface area (Å²) in [6, 6.07) is 6.93. The Labute approximate surface area is 161 Å². The third-order valence-corrected chi connectivity index (χ3v) is 5.76. The number of halogens is 3. The molecule has 0 radical (unpaired) electrons. The number of benzene rings is 2. The Bertz CT molecular complexity index is 991. The molecule has 1 fully saturated rings. The molecule has 0 saturated carbocycles. The first-order valence-electron chi connectivity index (χ1n) is 8.66. The molecule has 1 saturated heterocycles. The molecule has 150 valence electrons. The molecule has 3 rings (SSSR count). The van der Waals surface area contributed by atoms with Crippen LogP contribution in [0.15, 0.2) is 41.3 Å². The van der Waals surface area contributed by atoms with E-state index in [1.54, 1.807) is 4.90 Å². The fourth-order valence-corrected chi connectivity index (χ4v) is 3.83. The van der Waals surface area contributed by atoms with Crippen LogP contribution in [0.3, 0.4) is 0 Å². The maximum absolute atomic E-state index is 14.4. The summed E-state index contributed by atoms with van der Waals surface area (Å²) in [7, 11) is -3.52. The van der Waals surface area contributed by atoms with Crippen LogP contribution in [0.2, 0.25) is 0 Å². The number of amides is 1. The van der Waals surface area contributed by atoms with Crippen LogP contribution in [0.25, 0.3) is 0 Å². The van der Waals surface area contributed by atoms with Crippen molar-refractivity contribution in [2.75, 3.05) is 37.3 Å². The van der Waals surface area contributed by atoms with Gasteiger partial charge < -0.3 is 9.80 Å². The molecule has 2 aromatic rings. The van der Waals surface area contributed by atoms with E-state index in [0.717, 1.165) is 24.5 Å². The zero-order chi connectivity index (χ0) is 20.5. The van der Waals surface area contributed by atoms with Crippen molar-refractivity contribution >= 4 is 21.4 Å². The lowest BCUT2D eigenvalue weighted by Crippen LogP contribution is -2.36. The average molecular weight is 412 g/mol. The summed E-state index contributed by atoms with van der Waals surface area (Å²) in [5.41, 5.74) is -0.376. The highest BCUT2D eigenvalue weighted by molar-refractivity contribution is 7.90. The molecule has 0 spiro atoms. The SMILES string of the molecule is CS(=O)(=O)c1ccc(N2CCCN(C(=O)c3c(F)cccc3F)CC2)c(F)c1. The van der Waals surface area contributed by atoms with Crippen molar-refractivity contribution in [2.24, 2.45) is 0 Å². The zero-order valence-electron chi connectivity index (χ0n) is 15.2. The molecule has 5 nitrogen and oxygen atoms in total. The molecular weight excluding hydrogens is 393 g/mol. The second kappa shape index (κ2) is 7.83. The number of hydrogen-bond donors (Lipinski definition) is 0. The molecule has 1 amide bonds. The lowest BCUT2D eigenvalue weighted by Gasteiger charge is -2.24. The molecular formula is C19H19F3N2O3S. The standard InChI is InChI=1S/C19H19F3N2O3S/c1-28(26,27)13-6-7-17(16(22)12-13)23-8-3-9-24(11-10-23)19(25)18-14(20)4-2-5-15(18)21/h2,4-7,12H,3,8-11H2,1H3. The van der Waals surface area contributed by atoms with Crippen LogP contribution >= 0.6 is 0 Å². The molecule has 9 heteroatoms. The van der Waals surface area contributed by atoms with Crippen LogP contribution in [0.4, 0.5) is 18.9 Å². The van der Waals surface area contributed by atoms with Crippen LogP contribution in [0, 0.1) is 17.5 Å². The van der Waals surface area contributed by atoms with Crippen LogP contribution in [0.1, 0.15) is 16.8 Å². The Kier molecular flexibility index (Phi) is 5.64. The number of hydrogen-bond acceptors (Lipinski definition) is 4. The minimum absolute atomic E-state index is 0.115. The average Bonchev–Trinajstić information content (AvgIpc) is 2.86. The number of rotatable bonds is 3. The number of carbonyl (C=O) groups is 1. The number of sulfone groups is 1. The highest BCUT2D eigenvalue weighted by Gasteiger charge is 2.26. The molecule has 0 bridgehead atoms. The largest absolute Gasteiger partial charge is 0.367 e. The van der Waals surface area contributed by atoms with Crippen molar-refractivity contribution in [2.45, 2.75) is 11.3 Å². The van der Waals surface area contributed by atoms with E-state index in [4.69, 9.17) is 0 Å². The van der Waals surface area contributed by atoms with Crippen LogP contribution in [-0.2, 0) is 9.84 Å². The van der Waals surface area contributed by atoms with E-state index in [9.17, 15) is 26.4 Å². The molecule has 1 aliphatic rings. The van der Waals surface area contributed by atoms with Crippen molar-refractivity contribution < 1.29 is 26.4 Å². The summed E-state index contributed by atoms with van der Waals surface area (Å²) in [5, 5.41) is 0. The second-order valence-corrected chi connectivity index (χ2v) is 8.63. The summed E-state index contributed by atoms with van der Waals surface area (Å²) in [6.45, 7) is 1.08. The second-order valence-electron chi connectivity index (χ2n) is 6.61. The minimum atomic E-state index is -3.52. The van der Waals surface area contributed by atoms with Gasteiger partial charge >= 0.3 is 0 Å². The van der Waals surface area contributed by atoms with Gasteiger partial charge in [-0.3, -0.25) is 4.79 Å². The first kappa shape index (κ1) is 20.2. The summed E-state index contributed by atoms with van der Waals surface area (Å²) in [5.74, 6) is -3.27. The lowest BCUT2D eigenvalue weighted by molar-refractivity contribution is 0.0757. The van der Waals surface area contributed by atoms with Gasteiger partial charge in [-0.2, -0.15) is 0 Å². The molecule has 1 aliphatic heterocycles. The third kappa shape index (κ3) is 4.14. The fraction of sp³-hybridized carbons (Fsp3) is 0.316. The molecule has 1 heterocycles. The van der Waals surface area contributed by atoms with Gasteiger partial charge in [-0.1, -0.05) is 6.07 Å². The van der Waals surface area contributed by atoms with Crippen molar-refractivity contribution in [3.8, 4) is 0 Å². The summed E-state index contributed by atoms with van der Waals surface area (Å²) < 4.78 is 65.3. The van der Waals surface area contributed by atoms with Gasteiger partial charge in [-0.15, -0.1) is 0 Å². The van der Waals surface area contributed by atoms with Crippen molar-refractivity contribution in [3.05, 3.63) is 59.4 Å². The highest BCUT2D eigenvalue weighted by Crippen LogP contribution is 2.24. The Morgan fingerprint density at radius 2 is 1.61 bits per heavy atom. The van der Waals surface area contributed by atoms with E-state index in [1.807, 2.05) is 0 Å². The molecule has 28 heavy (non-hydrogen) atoms. The van der Waals surface area contributed by atoms with Crippen LogP contribution in [0.5, 0.6) is 0 Å². The number of anilines is 1. The lowest BCUT2D eigenvalue weighted by atomic mass is 10.1. The van der Waals surface area contributed by atoms with Gasteiger partial charge in [0, 0.05) is 32.4 Å². The first-order valence-corrected chi connectivity index (χ1v) is 10.6. The third-order valence-electron chi connectivity index (χ3n) is 4.65. The van der Waals surface area contributed by atoms with E-state index in [1.165, 1.54) is 23.1 Å². The zero-order valence-corrected chi connectivity index (χ0v) is 16.0. The quantitative estimate of drug-likeness (QED) is 0.778. The molecule has 0 unspecified atom stereocenters. The normalized spacial score (nSPS) is 15.4. The molecule has 0 N–H and O–H groups in total. The smallest absolute Gasteiger partial charge is 0.259 e. The molecule has 0 aliphatic carbocycles. The van der Waals surface area contributed by atoms with E-state index in [0.29, 0.717) is 13.0 Å². The van der Waals surface area contributed by atoms with E-state index < -0.39 is 38.8 Å². The summed E-state index contributed by atoms with van der Waals surface area (Å²) >= 11 is 0. The van der Waals surface area contributed by atoms with Crippen LogP contribution in [-0.4, -0.2) is 51.7 Å². The van der Waals surface area contributed by atoms with Gasteiger partial charge in [-0.05, 0) is 36.8 Å². The molecule has 2 aromatic carbocycles. The Balaban J connectivity index is 1.78. The topological polar surface area (TPSA) is 57.7 Å². The molecule has 0 atom stereocenters. The van der Waals surface area contributed by atoms with E-state index >= 15 is 0 Å². The monoisotopic (exact) mass is 412 g/mol. The van der Waals surface area contributed by atoms with Crippen molar-refractivity contribution in [1.29, 1.82) is 0 Å². The van der Waals surface area contributed by atoms with Gasteiger partial charge in [0.2, 0.25) is 0 Å². The Morgan fingerprint density at radius 1 is 0.929 bits per heavy atom. The number of carbonyl (C=O) groups excluding carboxylic acids is 1. The Morgan fingerprint density at radius 3 is 2.21 bits per heavy atom. The van der Waals surface area contributed by atoms with Gasteiger partial charge in [-0.25, -0.2) is 21.6 Å². The van der Waals surface area contributed by atoms with Crippen LogP contribution < -0.4 is 4.90 Å². The van der Waals surface area contributed by atoms with Gasteiger partial charge in [0.25, 0.3) is 5.91 Å². The van der Waals surface area contributed by atoms with E-state index in [2.05, 4.69) is 0 Å². The van der Waals surface area contributed by atoms with Crippen molar-refractivity contribution in [3.63, 3.8) is 0 Å². The fourth-order valence-electron chi connectivity index (χ4n) is 3.20. The maximum Gasteiger partial charge on any atom is 0.259 e. The Hall–Kier alpha value is -2.55. The van der Waals surface area contributed by atoms with E-state index in [-0.39, 0.29) is 30.2 Å². The first-order chi connectivity index (χ1) is 13.2. The summed E-state index contributed by atoms with van der Waals surface area (Å²) in [4.78, 5) is 15.5. The predicted octanol–water partition coefficient (Wildman–Crippen LogP) is 2.86.